The van der Waals surface area contributed by atoms with Gasteiger partial charge in [-0.1, -0.05) is 13.8 Å². The van der Waals surface area contributed by atoms with E-state index in [4.69, 9.17) is 4.74 Å². The monoisotopic (exact) mass is 327 g/mol. The summed E-state index contributed by atoms with van der Waals surface area (Å²) < 4.78 is 5.33. The van der Waals surface area contributed by atoms with Gasteiger partial charge in [0, 0.05) is 18.6 Å². The summed E-state index contributed by atoms with van der Waals surface area (Å²) in [6, 6.07) is 0.847. The van der Waals surface area contributed by atoms with Gasteiger partial charge in [-0.2, -0.15) is 0 Å². The van der Waals surface area contributed by atoms with E-state index in [2.05, 4.69) is 36.4 Å². The topological polar surface area (TPSA) is 53.6 Å². The normalized spacial score (nSPS) is 21.8. The van der Waals surface area contributed by atoms with E-state index in [1.54, 1.807) is 0 Å². The molecule has 1 amide bonds. The van der Waals surface area contributed by atoms with Gasteiger partial charge in [-0.25, -0.2) is 4.79 Å². The summed E-state index contributed by atoms with van der Waals surface area (Å²) in [7, 11) is 2.19. The van der Waals surface area contributed by atoms with Crippen molar-refractivity contribution in [3.05, 3.63) is 0 Å². The summed E-state index contributed by atoms with van der Waals surface area (Å²) in [5, 5.41) is 6.69. The van der Waals surface area contributed by atoms with Gasteiger partial charge in [-0.05, 0) is 72.5 Å². The van der Waals surface area contributed by atoms with Crippen LogP contribution >= 0.6 is 0 Å². The zero-order valence-electron chi connectivity index (χ0n) is 15.9. The van der Waals surface area contributed by atoms with Crippen molar-refractivity contribution in [2.75, 3.05) is 26.7 Å². The van der Waals surface area contributed by atoms with E-state index < -0.39 is 5.60 Å². The number of ether oxygens (including phenoxy) is 1. The van der Waals surface area contributed by atoms with E-state index >= 15 is 0 Å². The minimum atomic E-state index is -0.447. The van der Waals surface area contributed by atoms with Crippen molar-refractivity contribution >= 4 is 6.09 Å². The molecule has 23 heavy (non-hydrogen) atoms. The van der Waals surface area contributed by atoms with Crippen molar-refractivity contribution in [3.63, 3.8) is 0 Å². The maximum atomic E-state index is 11.9. The quantitative estimate of drug-likeness (QED) is 0.787. The third kappa shape index (κ3) is 9.82. The molecule has 0 aromatic rings. The highest BCUT2D eigenvalue weighted by atomic mass is 16.6. The van der Waals surface area contributed by atoms with Crippen LogP contribution in [-0.4, -0.2) is 55.4 Å². The molecule has 136 valence electrons. The van der Waals surface area contributed by atoms with Crippen LogP contribution in [0.3, 0.4) is 0 Å². The Kier molecular flexibility index (Phi) is 8.34. The van der Waals surface area contributed by atoms with Crippen LogP contribution in [0.25, 0.3) is 0 Å². The van der Waals surface area contributed by atoms with Gasteiger partial charge in [0.25, 0.3) is 0 Å². The average molecular weight is 328 g/mol. The zero-order valence-corrected chi connectivity index (χ0v) is 15.9. The number of carbonyl (C=O) groups is 1. The molecule has 0 saturated carbocycles. The summed E-state index contributed by atoms with van der Waals surface area (Å²) in [5.41, 5.74) is -0.447. The number of nitrogens with one attached hydrogen (secondary N) is 2. The standard InChI is InChI=1S/C18H37N3O2/c1-14(2)12-16(13-19-17(22)23-18(3,4)5)20-15-8-7-10-21(6)11-9-15/h14-16,20H,7-13H2,1-6H3,(H,19,22). The molecule has 1 heterocycles. The van der Waals surface area contributed by atoms with Crippen LogP contribution in [0, 0.1) is 5.92 Å². The Bertz CT molecular complexity index is 353. The van der Waals surface area contributed by atoms with Gasteiger partial charge < -0.3 is 20.3 Å². The smallest absolute Gasteiger partial charge is 0.407 e. The van der Waals surface area contributed by atoms with Crippen molar-refractivity contribution in [2.45, 2.75) is 78.0 Å². The number of hydrogen-bond acceptors (Lipinski definition) is 4. The van der Waals surface area contributed by atoms with E-state index in [0.29, 0.717) is 24.5 Å². The third-order valence-electron chi connectivity index (χ3n) is 4.07. The molecule has 2 N–H and O–H groups in total. The first-order valence-corrected chi connectivity index (χ1v) is 9.07. The van der Waals surface area contributed by atoms with Crippen molar-refractivity contribution in [2.24, 2.45) is 5.92 Å². The molecule has 2 unspecified atom stereocenters. The second-order valence-electron chi connectivity index (χ2n) is 8.31. The molecule has 0 aliphatic carbocycles. The molecule has 1 aliphatic heterocycles. The predicted octanol–water partition coefficient (Wildman–Crippen LogP) is 3.00. The molecule has 0 aromatic carbocycles. The number of amides is 1. The van der Waals surface area contributed by atoms with Gasteiger partial charge in [0.2, 0.25) is 0 Å². The van der Waals surface area contributed by atoms with Crippen LogP contribution in [-0.2, 0) is 4.74 Å². The molecule has 2 atom stereocenters. The first-order valence-electron chi connectivity index (χ1n) is 9.07. The highest BCUT2D eigenvalue weighted by Gasteiger charge is 2.21. The molecule has 5 nitrogen and oxygen atoms in total. The van der Waals surface area contributed by atoms with Crippen LogP contribution < -0.4 is 10.6 Å². The third-order valence-corrected chi connectivity index (χ3v) is 4.07. The Balaban J connectivity index is 2.47. The highest BCUT2D eigenvalue weighted by molar-refractivity contribution is 5.67. The molecule has 1 aliphatic rings. The van der Waals surface area contributed by atoms with E-state index in [-0.39, 0.29) is 6.09 Å². The Labute approximate surface area is 142 Å². The lowest BCUT2D eigenvalue weighted by molar-refractivity contribution is 0.0519. The van der Waals surface area contributed by atoms with Crippen LogP contribution in [0.2, 0.25) is 0 Å². The minimum absolute atomic E-state index is 0.302. The van der Waals surface area contributed by atoms with Gasteiger partial charge in [-0.15, -0.1) is 0 Å². The van der Waals surface area contributed by atoms with Gasteiger partial charge in [-0.3, -0.25) is 0 Å². The molecular formula is C18H37N3O2. The fourth-order valence-corrected chi connectivity index (χ4v) is 3.04. The summed E-state index contributed by atoms with van der Waals surface area (Å²) in [4.78, 5) is 14.3. The second-order valence-corrected chi connectivity index (χ2v) is 8.31. The summed E-state index contributed by atoms with van der Waals surface area (Å²) in [5.74, 6) is 0.599. The lowest BCUT2D eigenvalue weighted by Gasteiger charge is -2.27. The largest absolute Gasteiger partial charge is 0.444 e. The fraction of sp³-hybridized carbons (Fsp3) is 0.944. The first-order chi connectivity index (χ1) is 10.7. The number of nitrogens with zero attached hydrogens (tertiary/aromatic N) is 1. The van der Waals surface area contributed by atoms with Crippen LogP contribution in [0.1, 0.15) is 60.3 Å². The van der Waals surface area contributed by atoms with Gasteiger partial charge in [0.15, 0.2) is 0 Å². The maximum absolute atomic E-state index is 11.9. The van der Waals surface area contributed by atoms with Crippen LogP contribution in [0.15, 0.2) is 0 Å². The summed E-state index contributed by atoms with van der Waals surface area (Å²) >= 11 is 0. The molecule has 1 saturated heterocycles. The average Bonchev–Trinajstić information content (AvgIpc) is 2.58. The molecule has 5 heteroatoms. The van der Waals surface area contributed by atoms with Crippen molar-refractivity contribution in [3.8, 4) is 0 Å². The van der Waals surface area contributed by atoms with Crippen molar-refractivity contribution < 1.29 is 9.53 Å². The Hall–Kier alpha value is -0.810. The van der Waals surface area contributed by atoms with Crippen molar-refractivity contribution in [1.29, 1.82) is 0 Å². The van der Waals surface area contributed by atoms with E-state index in [1.807, 2.05) is 20.8 Å². The SMILES string of the molecule is CC(C)CC(CNC(=O)OC(C)(C)C)NC1CCCN(C)CC1. The molecule has 0 bridgehead atoms. The highest BCUT2D eigenvalue weighted by Crippen LogP contribution is 2.13. The van der Waals surface area contributed by atoms with E-state index in [1.165, 1.54) is 25.8 Å². The number of carbonyl (C=O) groups excluding carboxylic acids is 1. The minimum Gasteiger partial charge on any atom is -0.444 e. The van der Waals surface area contributed by atoms with E-state index in [0.717, 1.165) is 13.0 Å². The Morgan fingerprint density at radius 2 is 1.96 bits per heavy atom. The Morgan fingerprint density at radius 1 is 1.26 bits per heavy atom. The molecular weight excluding hydrogens is 290 g/mol. The summed E-state index contributed by atoms with van der Waals surface area (Å²) in [6.07, 6.45) is 4.36. The number of hydrogen-bond donors (Lipinski definition) is 2. The molecule has 1 fully saturated rings. The fourth-order valence-electron chi connectivity index (χ4n) is 3.04. The zero-order chi connectivity index (χ0) is 17.5. The number of alkyl carbamates (subject to hydrolysis) is 1. The van der Waals surface area contributed by atoms with Gasteiger partial charge in [0.05, 0.1) is 0 Å². The number of rotatable bonds is 6. The lowest BCUT2D eigenvalue weighted by atomic mass is 10.0. The van der Waals surface area contributed by atoms with Crippen molar-refractivity contribution in [1.82, 2.24) is 15.5 Å². The second kappa shape index (κ2) is 9.48. The van der Waals surface area contributed by atoms with E-state index in [9.17, 15) is 4.79 Å². The van der Waals surface area contributed by atoms with Gasteiger partial charge >= 0.3 is 6.09 Å². The van der Waals surface area contributed by atoms with Gasteiger partial charge in [0.1, 0.15) is 5.60 Å². The maximum Gasteiger partial charge on any atom is 0.407 e. The summed E-state index contributed by atoms with van der Waals surface area (Å²) in [6.45, 7) is 13.1. The molecule has 0 radical (unpaired) electrons. The molecule has 1 rings (SSSR count). The lowest BCUT2D eigenvalue weighted by Crippen LogP contribution is -2.47. The molecule has 0 aromatic heterocycles. The van der Waals surface area contributed by atoms with Crippen LogP contribution in [0.4, 0.5) is 4.79 Å². The first kappa shape index (κ1) is 20.2. The predicted molar refractivity (Wildman–Crippen MR) is 95.8 cm³/mol. The molecule has 0 spiro atoms. The Morgan fingerprint density at radius 3 is 2.57 bits per heavy atom. The van der Waals surface area contributed by atoms with Crippen LogP contribution in [0.5, 0.6) is 0 Å². The number of likely N-dealkylation sites (tertiary alicyclic amines) is 1.